The van der Waals surface area contributed by atoms with Gasteiger partial charge < -0.3 is 14.0 Å². The summed E-state index contributed by atoms with van der Waals surface area (Å²) in [5.41, 5.74) is 3.83. The van der Waals surface area contributed by atoms with Gasteiger partial charge in [-0.15, -0.1) is 5.10 Å². The Balaban J connectivity index is 1.49. The predicted octanol–water partition coefficient (Wildman–Crippen LogP) is 3.42. The molecule has 4 rings (SSSR count). The van der Waals surface area contributed by atoms with Crippen LogP contribution in [0.15, 0.2) is 29.4 Å². The van der Waals surface area contributed by atoms with E-state index in [9.17, 15) is 4.79 Å². The van der Waals surface area contributed by atoms with E-state index in [-0.39, 0.29) is 18.6 Å². The van der Waals surface area contributed by atoms with Crippen molar-refractivity contribution in [3.05, 3.63) is 46.8 Å². The molecule has 0 atom stereocenters. The average Bonchev–Trinajstić information content (AvgIpc) is 3.41. The van der Waals surface area contributed by atoms with Crippen molar-refractivity contribution in [1.29, 1.82) is 0 Å². The Kier molecular flexibility index (Phi) is 5.31. The molecule has 0 bridgehead atoms. The topological polar surface area (TPSA) is 84.1 Å². The number of benzene rings is 1. The van der Waals surface area contributed by atoms with Crippen molar-refractivity contribution in [3.8, 4) is 11.5 Å². The summed E-state index contributed by atoms with van der Waals surface area (Å²) in [7, 11) is 0. The first-order valence-corrected chi connectivity index (χ1v) is 10.4. The standard InChI is InChI=1S/C20H23N5O3S/c1-12(2)25-20(21-22-23-25)29-10-17(26)16-7-13(3)24(14(16)4)9-15-5-6-18-19(8-15)28-11-27-18/h5-8,12H,9-11H2,1-4H3. The molecule has 0 fully saturated rings. The predicted molar refractivity (Wildman–Crippen MR) is 109 cm³/mol. The number of rotatable bonds is 7. The number of hydrogen-bond acceptors (Lipinski definition) is 7. The Labute approximate surface area is 173 Å². The van der Waals surface area contributed by atoms with Crippen molar-refractivity contribution in [2.75, 3.05) is 12.5 Å². The third-order valence-corrected chi connectivity index (χ3v) is 5.87. The van der Waals surface area contributed by atoms with E-state index in [1.165, 1.54) is 11.8 Å². The Morgan fingerprint density at radius 1 is 1.21 bits per heavy atom. The van der Waals surface area contributed by atoms with Crippen LogP contribution >= 0.6 is 11.8 Å². The molecule has 8 nitrogen and oxygen atoms in total. The zero-order chi connectivity index (χ0) is 20.5. The number of carbonyl (C=O) groups is 1. The van der Waals surface area contributed by atoms with Crippen molar-refractivity contribution in [1.82, 2.24) is 24.8 Å². The summed E-state index contributed by atoms with van der Waals surface area (Å²) in [5, 5.41) is 12.4. The normalized spacial score (nSPS) is 12.7. The molecular formula is C20H23N5O3S. The van der Waals surface area contributed by atoms with Gasteiger partial charge in [0, 0.05) is 23.5 Å². The summed E-state index contributed by atoms with van der Waals surface area (Å²) in [6.07, 6.45) is 0. The fourth-order valence-corrected chi connectivity index (χ4v) is 4.25. The van der Waals surface area contributed by atoms with Crippen LogP contribution in [0.25, 0.3) is 0 Å². The lowest BCUT2D eigenvalue weighted by molar-refractivity contribution is 0.102. The van der Waals surface area contributed by atoms with E-state index in [2.05, 4.69) is 20.1 Å². The second kappa shape index (κ2) is 7.90. The van der Waals surface area contributed by atoms with Crippen molar-refractivity contribution >= 4 is 17.5 Å². The lowest BCUT2D eigenvalue weighted by atomic mass is 10.1. The number of ketones is 1. The number of ether oxygens (including phenoxy) is 2. The molecule has 0 spiro atoms. The minimum Gasteiger partial charge on any atom is -0.454 e. The molecule has 29 heavy (non-hydrogen) atoms. The summed E-state index contributed by atoms with van der Waals surface area (Å²) < 4.78 is 14.7. The smallest absolute Gasteiger partial charge is 0.231 e. The molecule has 3 aromatic rings. The Bertz CT molecular complexity index is 1060. The van der Waals surface area contributed by atoms with Crippen LogP contribution in [-0.4, -0.2) is 43.1 Å². The molecular weight excluding hydrogens is 390 g/mol. The first-order chi connectivity index (χ1) is 13.9. The van der Waals surface area contributed by atoms with Gasteiger partial charge in [-0.25, -0.2) is 4.68 Å². The average molecular weight is 414 g/mol. The van der Waals surface area contributed by atoms with Gasteiger partial charge in [-0.1, -0.05) is 17.8 Å². The van der Waals surface area contributed by atoms with Crippen LogP contribution in [0.4, 0.5) is 0 Å². The molecule has 0 radical (unpaired) electrons. The van der Waals surface area contributed by atoms with E-state index in [1.54, 1.807) is 4.68 Å². The quantitative estimate of drug-likeness (QED) is 0.433. The monoisotopic (exact) mass is 413 g/mol. The number of aryl methyl sites for hydroxylation is 1. The molecule has 0 N–H and O–H groups in total. The molecule has 1 aliphatic heterocycles. The summed E-state index contributed by atoms with van der Waals surface area (Å²) in [5.74, 6) is 1.90. The maximum absolute atomic E-state index is 12.9. The summed E-state index contributed by atoms with van der Waals surface area (Å²) in [4.78, 5) is 12.9. The van der Waals surface area contributed by atoms with Gasteiger partial charge in [0.05, 0.1) is 11.8 Å². The second-order valence-corrected chi connectivity index (χ2v) is 8.21. The maximum Gasteiger partial charge on any atom is 0.231 e. The van der Waals surface area contributed by atoms with Gasteiger partial charge in [-0.2, -0.15) is 0 Å². The zero-order valence-corrected chi connectivity index (χ0v) is 17.7. The number of tetrazole rings is 1. The van der Waals surface area contributed by atoms with E-state index in [1.807, 2.05) is 52.0 Å². The molecule has 152 valence electrons. The number of hydrogen-bond donors (Lipinski definition) is 0. The van der Waals surface area contributed by atoms with Gasteiger partial charge in [0.25, 0.3) is 0 Å². The molecule has 9 heteroatoms. The van der Waals surface area contributed by atoms with Crippen LogP contribution in [-0.2, 0) is 6.54 Å². The van der Waals surface area contributed by atoms with E-state index in [4.69, 9.17) is 9.47 Å². The van der Waals surface area contributed by atoms with E-state index < -0.39 is 0 Å². The minimum atomic E-state index is 0.0679. The first-order valence-electron chi connectivity index (χ1n) is 9.43. The second-order valence-electron chi connectivity index (χ2n) is 7.27. The van der Waals surface area contributed by atoms with Crippen LogP contribution in [0.5, 0.6) is 11.5 Å². The third kappa shape index (κ3) is 3.87. The van der Waals surface area contributed by atoms with Crippen molar-refractivity contribution in [2.45, 2.75) is 45.4 Å². The lowest BCUT2D eigenvalue weighted by Gasteiger charge is -2.11. The largest absolute Gasteiger partial charge is 0.454 e. The van der Waals surface area contributed by atoms with Gasteiger partial charge in [-0.3, -0.25) is 4.79 Å². The Morgan fingerprint density at radius 3 is 2.79 bits per heavy atom. The van der Waals surface area contributed by atoms with Crippen LogP contribution < -0.4 is 9.47 Å². The van der Waals surface area contributed by atoms with Gasteiger partial charge in [-0.05, 0) is 61.9 Å². The SMILES string of the molecule is Cc1cc(C(=O)CSc2nnnn2C(C)C)c(C)n1Cc1ccc2c(c1)OCO2. The number of fused-ring (bicyclic) bond motifs is 1. The van der Waals surface area contributed by atoms with E-state index in [0.29, 0.717) is 17.5 Å². The summed E-state index contributed by atoms with van der Waals surface area (Å²) >= 11 is 1.36. The fraction of sp³-hybridized carbons (Fsp3) is 0.400. The van der Waals surface area contributed by atoms with Crippen molar-refractivity contribution in [3.63, 3.8) is 0 Å². The molecule has 0 saturated heterocycles. The minimum absolute atomic E-state index is 0.0679. The van der Waals surface area contributed by atoms with Gasteiger partial charge in [0.1, 0.15) is 0 Å². The highest BCUT2D eigenvalue weighted by molar-refractivity contribution is 7.99. The number of aromatic nitrogens is 5. The molecule has 3 heterocycles. The van der Waals surface area contributed by atoms with Crippen LogP contribution in [0.3, 0.4) is 0 Å². The molecule has 0 aliphatic carbocycles. The third-order valence-electron chi connectivity index (χ3n) is 4.94. The van der Waals surface area contributed by atoms with Crippen molar-refractivity contribution in [2.24, 2.45) is 0 Å². The first kappa shape index (κ1) is 19.5. The van der Waals surface area contributed by atoms with Gasteiger partial charge in [0.15, 0.2) is 17.3 Å². The molecule has 0 saturated carbocycles. The van der Waals surface area contributed by atoms with E-state index in [0.717, 1.165) is 34.0 Å². The number of Topliss-reactive ketones (excluding diaryl/α,β-unsaturated/α-hetero) is 1. The molecule has 1 aliphatic rings. The molecule has 2 aromatic heterocycles. The number of nitrogens with zero attached hydrogens (tertiary/aromatic N) is 5. The van der Waals surface area contributed by atoms with Crippen LogP contribution in [0.1, 0.15) is 47.2 Å². The van der Waals surface area contributed by atoms with Gasteiger partial charge >= 0.3 is 0 Å². The Hall–Kier alpha value is -2.81. The Morgan fingerprint density at radius 2 is 2.00 bits per heavy atom. The highest BCUT2D eigenvalue weighted by atomic mass is 32.2. The fourth-order valence-electron chi connectivity index (χ4n) is 3.36. The number of carbonyl (C=O) groups excluding carboxylic acids is 1. The van der Waals surface area contributed by atoms with E-state index >= 15 is 0 Å². The van der Waals surface area contributed by atoms with Gasteiger partial charge in [0.2, 0.25) is 11.9 Å². The molecule has 1 aromatic carbocycles. The highest BCUT2D eigenvalue weighted by Gasteiger charge is 2.19. The molecule has 0 amide bonds. The van der Waals surface area contributed by atoms with Crippen LogP contribution in [0, 0.1) is 13.8 Å². The van der Waals surface area contributed by atoms with Crippen molar-refractivity contribution < 1.29 is 14.3 Å². The summed E-state index contributed by atoms with van der Waals surface area (Å²) in [6.45, 7) is 8.94. The lowest BCUT2D eigenvalue weighted by Crippen LogP contribution is -2.09. The summed E-state index contributed by atoms with van der Waals surface area (Å²) in [6, 6.07) is 8.04. The zero-order valence-electron chi connectivity index (χ0n) is 16.9. The maximum atomic E-state index is 12.9. The number of thioether (sulfide) groups is 1. The molecule has 0 unspecified atom stereocenters. The highest BCUT2D eigenvalue weighted by Crippen LogP contribution is 2.33. The van der Waals surface area contributed by atoms with Crippen LogP contribution in [0.2, 0.25) is 0 Å².